The maximum atomic E-state index is 3.64. The second-order valence-electron chi connectivity index (χ2n) is 5.53. The van der Waals surface area contributed by atoms with Gasteiger partial charge in [0.25, 0.3) is 0 Å². The molecule has 2 atom stereocenters. The van der Waals surface area contributed by atoms with Crippen LogP contribution >= 0.6 is 15.9 Å². The predicted molar refractivity (Wildman–Crippen MR) is 74.6 cm³/mol. The monoisotopic (exact) mass is 283 g/mol. The van der Waals surface area contributed by atoms with Crippen LogP contribution in [-0.4, -0.2) is 6.04 Å². The fraction of sp³-hybridized carbons (Fsp3) is 0.571. The molecule has 0 fully saturated rings. The second-order valence-corrected chi connectivity index (χ2v) is 6.44. The van der Waals surface area contributed by atoms with Crippen molar-refractivity contribution >= 4 is 15.9 Å². The minimum atomic E-state index is 0.295. The van der Waals surface area contributed by atoms with Gasteiger partial charge < -0.3 is 5.32 Å². The van der Waals surface area contributed by atoms with Crippen molar-refractivity contribution in [2.45, 2.75) is 46.7 Å². The van der Waals surface area contributed by atoms with Gasteiger partial charge in [-0.3, -0.25) is 0 Å². The molecule has 0 bridgehead atoms. The van der Waals surface area contributed by atoms with E-state index in [1.165, 1.54) is 5.56 Å². The number of benzene rings is 1. The van der Waals surface area contributed by atoms with E-state index < -0.39 is 0 Å². The maximum absolute atomic E-state index is 3.64. The zero-order valence-corrected chi connectivity index (χ0v) is 12.4. The third-order valence-electron chi connectivity index (χ3n) is 3.17. The molecule has 0 aliphatic heterocycles. The molecule has 0 spiro atoms. The van der Waals surface area contributed by atoms with Crippen LogP contribution in [0.3, 0.4) is 0 Å². The molecule has 1 rings (SSSR count). The summed E-state index contributed by atoms with van der Waals surface area (Å²) in [5, 5.41) is 3.64. The number of halogens is 1. The average Bonchev–Trinajstić information content (AvgIpc) is 2.17. The molecular formula is C14H22BrN. The number of rotatable bonds is 3. The van der Waals surface area contributed by atoms with Crippen LogP contribution in [-0.2, 0) is 0 Å². The molecule has 1 aromatic rings. The summed E-state index contributed by atoms with van der Waals surface area (Å²) in [6.07, 6.45) is 0. The van der Waals surface area contributed by atoms with Crippen molar-refractivity contribution < 1.29 is 0 Å². The SMILES string of the molecule is CC(NC(C)C(C)(C)C)c1ccc(Br)cc1. The summed E-state index contributed by atoms with van der Waals surface area (Å²) >= 11 is 3.46. The smallest absolute Gasteiger partial charge is 0.0294 e. The highest BCUT2D eigenvalue weighted by Crippen LogP contribution is 2.23. The molecule has 0 heterocycles. The fourth-order valence-electron chi connectivity index (χ4n) is 1.47. The third kappa shape index (κ3) is 3.91. The Bertz CT molecular complexity index is 324. The van der Waals surface area contributed by atoms with Gasteiger partial charge in [0.05, 0.1) is 0 Å². The first kappa shape index (κ1) is 13.7. The van der Waals surface area contributed by atoms with Gasteiger partial charge in [-0.1, -0.05) is 48.8 Å². The summed E-state index contributed by atoms with van der Waals surface area (Å²) in [5.41, 5.74) is 1.63. The molecule has 0 saturated heterocycles. The van der Waals surface area contributed by atoms with Crippen LogP contribution in [0, 0.1) is 5.41 Å². The molecule has 0 amide bonds. The van der Waals surface area contributed by atoms with E-state index in [2.05, 4.69) is 80.1 Å². The van der Waals surface area contributed by atoms with Crippen molar-refractivity contribution in [2.75, 3.05) is 0 Å². The molecule has 0 radical (unpaired) electrons. The van der Waals surface area contributed by atoms with E-state index in [-0.39, 0.29) is 0 Å². The van der Waals surface area contributed by atoms with Crippen LogP contribution in [0.15, 0.2) is 28.7 Å². The highest BCUT2D eigenvalue weighted by molar-refractivity contribution is 9.10. The summed E-state index contributed by atoms with van der Waals surface area (Å²) in [4.78, 5) is 0. The first-order chi connectivity index (χ1) is 7.30. The molecule has 0 aromatic heterocycles. The van der Waals surface area contributed by atoms with Gasteiger partial charge in [0.15, 0.2) is 0 Å². The standard InChI is InChI=1S/C14H22BrN/c1-10(16-11(2)14(3,4)5)12-6-8-13(15)9-7-12/h6-11,16H,1-5H3. The Hall–Kier alpha value is -0.340. The summed E-state index contributed by atoms with van der Waals surface area (Å²) in [6, 6.07) is 9.40. The third-order valence-corrected chi connectivity index (χ3v) is 3.70. The average molecular weight is 284 g/mol. The van der Waals surface area contributed by atoms with Gasteiger partial charge in [-0.2, -0.15) is 0 Å². The van der Waals surface area contributed by atoms with Crippen LogP contribution < -0.4 is 5.32 Å². The van der Waals surface area contributed by atoms with E-state index in [1.54, 1.807) is 0 Å². The quantitative estimate of drug-likeness (QED) is 0.859. The van der Waals surface area contributed by atoms with Gasteiger partial charge in [-0.25, -0.2) is 0 Å². The van der Waals surface area contributed by atoms with E-state index in [9.17, 15) is 0 Å². The Labute approximate surface area is 108 Å². The van der Waals surface area contributed by atoms with E-state index >= 15 is 0 Å². The number of hydrogen-bond acceptors (Lipinski definition) is 1. The van der Waals surface area contributed by atoms with E-state index in [4.69, 9.17) is 0 Å². The predicted octanol–water partition coefficient (Wildman–Crippen LogP) is 4.53. The number of nitrogens with one attached hydrogen (secondary N) is 1. The highest BCUT2D eigenvalue weighted by Gasteiger charge is 2.21. The minimum Gasteiger partial charge on any atom is -0.307 e. The summed E-state index contributed by atoms with van der Waals surface area (Å²) in [7, 11) is 0. The van der Waals surface area contributed by atoms with E-state index in [0.717, 1.165) is 4.47 Å². The summed E-state index contributed by atoms with van der Waals surface area (Å²) < 4.78 is 1.13. The minimum absolute atomic E-state index is 0.295. The molecule has 0 saturated carbocycles. The van der Waals surface area contributed by atoms with Crippen molar-refractivity contribution in [1.29, 1.82) is 0 Å². The van der Waals surface area contributed by atoms with Crippen molar-refractivity contribution in [3.63, 3.8) is 0 Å². The molecule has 1 nitrogen and oxygen atoms in total. The largest absolute Gasteiger partial charge is 0.307 e. The molecule has 16 heavy (non-hydrogen) atoms. The molecule has 0 aliphatic rings. The molecule has 0 aliphatic carbocycles. The Morgan fingerprint density at radius 1 is 1.06 bits per heavy atom. The highest BCUT2D eigenvalue weighted by atomic mass is 79.9. The van der Waals surface area contributed by atoms with Gasteiger partial charge in [0.1, 0.15) is 0 Å². The lowest BCUT2D eigenvalue weighted by atomic mass is 9.87. The fourth-order valence-corrected chi connectivity index (χ4v) is 1.74. The Kier molecular flexibility index (Phi) is 4.57. The lowest BCUT2D eigenvalue weighted by molar-refractivity contribution is 0.268. The zero-order valence-electron chi connectivity index (χ0n) is 10.8. The van der Waals surface area contributed by atoms with Crippen LogP contribution in [0.25, 0.3) is 0 Å². The van der Waals surface area contributed by atoms with Gasteiger partial charge >= 0.3 is 0 Å². The Balaban J connectivity index is 2.65. The molecule has 1 N–H and O–H groups in total. The molecular weight excluding hydrogens is 262 g/mol. The van der Waals surface area contributed by atoms with Crippen LogP contribution in [0.4, 0.5) is 0 Å². The van der Waals surface area contributed by atoms with Gasteiger partial charge in [-0.05, 0) is 37.0 Å². The lowest BCUT2D eigenvalue weighted by Crippen LogP contribution is -2.39. The van der Waals surface area contributed by atoms with Crippen LogP contribution in [0.5, 0.6) is 0 Å². The normalized spacial score (nSPS) is 15.9. The molecule has 1 aromatic carbocycles. The topological polar surface area (TPSA) is 12.0 Å². The van der Waals surface area contributed by atoms with Crippen molar-refractivity contribution in [3.05, 3.63) is 34.3 Å². The lowest BCUT2D eigenvalue weighted by Gasteiger charge is -2.31. The maximum Gasteiger partial charge on any atom is 0.0294 e. The second kappa shape index (κ2) is 5.33. The van der Waals surface area contributed by atoms with Crippen molar-refractivity contribution in [3.8, 4) is 0 Å². The first-order valence-corrected chi connectivity index (χ1v) is 6.61. The van der Waals surface area contributed by atoms with Crippen molar-refractivity contribution in [1.82, 2.24) is 5.32 Å². The van der Waals surface area contributed by atoms with Crippen LogP contribution in [0.1, 0.15) is 46.2 Å². The Morgan fingerprint density at radius 2 is 1.56 bits per heavy atom. The van der Waals surface area contributed by atoms with E-state index in [0.29, 0.717) is 17.5 Å². The van der Waals surface area contributed by atoms with Gasteiger partial charge in [-0.15, -0.1) is 0 Å². The molecule has 2 unspecified atom stereocenters. The Morgan fingerprint density at radius 3 is 2.00 bits per heavy atom. The first-order valence-electron chi connectivity index (χ1n) is 5.82. The summed E-state index contributed by atoms with van der Waals surface area (Å²) in [5.74, 6) is 0. The zero-order chi connectivity index (χ0) is 12.3. The molecule has 2 heteroatoms. The van der Waals surface area contributed by atoms with E-state index in [1.807, 2.05) is 0 Å². The number of hydrogen-bond donors (Lipinski definition) is 1. The molecule has 90 valence electrons. The van der Waals surface area contributed by atoms with Crippen LogP contribution in [0.2, 0.25) is 0 Å². The van der Waals surface area contributed by atoms with Gasteiger partial charge in [0.2, 0.25) is 0 Å². The van der Waals surface area contributed by atoms with Gasteiger partial charge in [0, 0.05) is 16.6 Å². The summed E-state index contributed by atoms with van der Waals surface area (Å²) in [6.45, 7) is 11.2. The van der Waals surface area contributed by atoms with Crippen molar-refractivity contribution in [2.24, 2.45) is 5.41 Å².